The first-order chi connectivity index (χ1) is 4.45. The normalized spacial score (nSPS) is 13.2. The molecule has 3 nitrogen and oxygen atoms in total. The molecule has 0 fully saturated rings. The van der Waals surface area contributed by atoms with E-state index in [1.54, 1.807) is 0 Å². The molecular weight excluding hydrogens is 156 g/mol. The van der Waals surface area contributed by atoms with Gasteiger partial charge in [-0.2, -0.15) is 0 Å². The van der Waals surface area contributed by atoms with Gasteiger partial charge in [-0.1, -0.05) is 17.9 Å². The van der Waals surface area contributed by atoms with E-state index in [1.165, 1.54) is 0 Å². The van der Waals surface area contributed by atoms with Crippen molar-refractivity contribution in [2.24, 2.45) is 0 Å². The molecule has 0 radical (unpaired) electrons. The Kier molecular flexibility index (Phi) is 3.00. The van der Waals surface area contributed by atoms with Crippen LogP contribution in [0.15, 0.2) is 0 Å². The summed E-state index contributed by atoms with van der Waals surface area (Å²) in [6.07, 6.45) is 0. The molecule has 0 atom stereocenters. The summed E-state index contributed by atoms with van der Waals surface area (Å²) in [5, 5.41) is 4.57. The van der Waals surface area contributed by atoms with Crippen molar-refractivity contribution in [3.8, 4) is 0 Å². The molecule has 0 aromatic heterocycles. The lowest BCUT2D eigenvalue weighted by molar-refractivity contribution is -0.372. The van der Waals surface area contributed by atoms with E-state index in [4.69, 9.17) is 5.11 Å². The highest BCUT2D eigenvalue weighted by atomic mass is 19.4. The number of nitrogens with zero attached hydrogens (tertiary/aromatic N) is 2. The SMILES string of the molecule is CC(CO)(N(F)F)N(F)F. The summed E-state index contributed by atoms with van der Waals surface area (Å²) >= 11 is 0. The van der Waals surface area contributed by atoms with Crippen LogP contribution in [0.2, 0.25) is 0 Å². The van der Waals surface area contributed by atoms with Crippen LogP contribution in [0.1, 0.15) is 6.92 Å². The summed E-state index contributed by atoms with van der Waals surface area (Å²) in [6.45, 7) is -0.861. The Morgan fingerprint density at radius 1 is 1.20 bits per heavy atom. The number of aliphatic hydroxyl groups is 1. The quantitative estimate of drug-likeness (QED) is 0.378. The number of halogens is 4. The van der Waals surface area contributed by atoms with Crippen LogP contribution < -0.4 is 0 Å². The molecule has 0 saturated heterocycles. The predicted molar refractivity (Wildman–Crippen MR) is 23.6 cm³/mol. The predicted octanol–water partition coefficient (Wildman–Crippen LogP) is 0.837. The highest BCUT2D eigenvalue weighted by Gasteiger charge is 2.42. The Morgan fingerprint density at radius 3 is 1.50 bits per heavy atom. The van der Waals surface area contributed by atoms with E-state index in [0.29, 0.717) is 6.92 Å². The molecule has 1 N–H and O–H groups in total. The fraction of sp³-hybridized carbons (Fsp3) is 1.00. The lowest BCUT2D eigenvalue weighted by atomic mass is 10.2. The summed E-state index contributed by atoms with van der Waals surface area (Å²) in [5.41, 5.74) is -2.90. The molecular formula is C3H6F4N2O. The monoisotopic (exact) mass is 162 g/mol. The number of hydrogen-bond acceptors (Lipinski definition) is 3. The number of aliphatic hydroxyl groups excluding tert-OH is 1. The minimum Gasteiger partial charge on any atom is -0.393 e. The highest BCUT2D eigenvalue weighted by molar-refractivity contribution is 4.68. The Labute approximate surface area is 54.2 Å². The topological polar surface area (TPSA) is 26.7 Å². The van der Waals surface area contributed by atoms with E-state index in [-0.39, 0.29) is 0 Å². The zero-order valence-electron chi connectivity index (χ0n) is 5.06. The molecule has 0 aromatic carbocycles. The average molecular weight is 162 g/mol. The van der Waals surface area contributed by atoms with Gasteiger partial charge < -0.3 is 5.11 Å². The third-order valence-corrected chi connectivity index (χ3v) is 1.03. The minimum atomic E-state index is -2.90. The van der Waals surface area contributed by atoms with Crippen molar-refractivity contribution in [3.63, 3.8) is 0 Å². The van der Waals surface area contributed by atoms with Gasteiger partial charge in [0.1, 0.15) is 0 Å². The molecule has 7 heteroatoms. The summed E-state index contributed by atoms with van der Waals surface area (Å²) in [5.74, 6) is 0. The number of hydrogen-bond donors (Lipinski definition) is 1. The lowest BCUT2D eigenvalue weighted by Gasteiger charge is -2.25. The van der Waals surface area contributed by atoms with Gasteiger partial charge in [-0.3, -0.25) is 0 Å². The molecule has 62 valence electrons. The van der Waals surface area contributed by atoms with Crippen molar-refractivity contribution in [1.82, 2.24) is 10.7 Å². The fourth-order valence-electron chi connectivity index (χ4n) is 0.164. The average Bonchev–Trinajstić information content (AvgIpc) is 1.85. The Morgan fingerprint density at radius 2 is 1.50 bits per heavy atom. The zero-order chi connectivity index (χ0) is 8.36. The largest absolute Gasteiger partial charge is 0.393 e. The van der Waals surface area contributed by atoms with Crippen molar-refractivity contribution in [2.75, 3.05) is 6.61 Å². The van der Waals surface area contributed by atoms with Crippen LogP contribution in [-0.4, -0.2) is 28.1 Å². The molecule has 0 rings (SSSR count). The van der Waals surface area contributed by atoms with Gasteiger partial charge in [0.05, 0.1) is 6.61 Å². The Hall–Kier alpha value is -0.400. The standard InChI is InChI=1S/C3H6F4N2O/c1-3(2-10,8(4)5)9(6)7/h10H,2H2,1H3. The van der Waals surface area contributed by atoms with E-state index in [1.807, 2.05) is 0 Å². The molecule has 0 heterocycles. The molecule has 0 aliphatic rings. The van der Waals surface area contributed by atoms with Crippen LogP contribution in [0.5, 0.6) is 0 Å². The van der Waals surface area contributed by atoms with Crippen molar-refractivity contribution < 1.29 is 23.0 Å². The smallest absolute Gasteiger partial charge is 0.215 e. The maximum absolute atomic E-state index is 11.5. The maximum Gasteiger partial charge on any atom is 0.215 e. The molecule has 10 heavy (non-hydrogen) atoms. The van der Waals surface area contributed by atoms with Gasteiger partial charge in [0, 0.05) is 10.7 Å². The van der Waals surface area contributed by atoms with Gasteiger partial charge in [-0.15, -0.1) is 0 Å². The summed E-state index contributed by atoms with van der Waals surface area (Å²) < 4.78 is 45.9. The van der Waals surface area contributed by atoms with Gasteiger partial charge in [0.2, 0.25) is 5.66 Å². The van der Waals surface area contributed by atoms with Crippen LogP contribution in [0.4, 0.5) is 17.9 Å². The van der Waals surface area contributed by atoms with E-state index >= 15 is 0 Å². The molecule has 0 aromatic rings. The summed E-state index contributed by atoms with van der Waals surface area (Å²) in [7, 11) is 0. The second-order valence-electron chi connectivity index (χ2n) is 1.84. The van der Waals surface area contributed by atoms with E-state index in [2.05, 4.69) is 0 Å². The molecule has 0 unspecified atom stereocenters. The first kappa shape index (κ1) is 9.60. The summed E-state index contributed by atoms with van der Waals surface area (Å²) in [6, 6.07) is 0. The molecule has 0 bridgehead atoms. The Balaban J connectivity index is 4.23. The molecule has 0 aliphatic carbocycles. The first-order valence-corrected chi connectivity index (χ1v) is 2.29. The molecule has 0 spiro atoms. The van der Waals surface area contributed by atoms with Crippen molar-refractivity contribution >= 4 is 0 Å². The van der Waals surface area contributed by atoms with Gasteiger partial charge in [-0.05, 0) is 6.92 Å². The van der Waals surface area contributed by atoms with Crippen molar-refractivity contribution in [1.29, 1.82) is 0 Å². The van der Waals surface area contributed by atoms with Gasteiger partial charge >= 0.3 is 0 Å². The Bertz CT molecular complexity index is 101. The van der Waals surface area contributed by atoms with Crippen molar-refractivity contribution in [2.45, 2.75) is 12.6 Å². The first-order valence-electron chi connectivity index (χ1n) is 2.29. The minimum absolute atomic E-state index is 0.493. The van der Waals surface area contributed by atoms with E-state index < -0.39 is 23.0 Å². The maximum atomic E-state index is 11.5. The third kappa shape index (κ3) is 1.55. The third-order valence-electron chi connectivity index (χ3n) is 1.03. The lowest BCUT2D eigenvalue weighted by Crippen LogP contribution is -2.48. The van der Waals surface area contributed by atoms with Gasteiger partial charge in [0.15, 0.2) is 0 Å². The van der Waals surface area contributed by atoms with E-state index in [0.717, 1.165) is 0 Å². The second kappa shape index (κ2) is 3.13. The van der Waals surface area contributed by atoms with Crippen LogP contribution >= 0.6 is 0 Å². The second-order valence-corrected chi connectivity index (χ2v) is 1.84. The molecule has 0 amide bonds. The van der Waals surface area contributed by atoms with Crippen LogP contribution in [-0.2, 0) is 0 Å². The van der Waals surface area contributed by atoms with Crippen molar-refractivity contribution in [3.05, 3.63) is 0 Å². The number of rotatable bonds is 3. The van der Waals surface area contributed by atoms with Crippen LogP contribution in [0.3, 0.4) is 0 Å². The fourth-order valence-corrected chi connectivity index (χ4v) is 0.164. The van der Waals surface area contributed by atoms with Gasteiger partial charge in [0.25, 0.3) is 0 Å². The van der Waals surface area contributed by atoms with Gasteiger partial charge in [-0.25, -0.2) is 0 Å². The summed E-state index contributed by atoms with van der Waals surface area (Å²) in [4.78, 5) is 0. The zero-order valence-corrected chi connectivity index (χ0v) is 5.06. The van der Waals surface area contributed by atoms with Crippen LogP contribution in [0, 0.1) is 0 Å². The highest BCUT2D eigenvalue weighted by Crippen LogP contribution is 2.21. The van der Waals surface area contributed by atoms with Crippen LogP contribution in [0.25, 0.3) is 0 Å². The molecule has 0 saturated carbocycles. The van der Waals surface area contributed by atoms with E-state index in [9.17, 15) is 17.9 Å². The molecule has 0 aliphatic heterocycles.